The highest BCUT2D eigenvalue weighted by molar-refractivity contribution is 7.12. The minimum Gasteiger partial charge on any atom is -0.493 e. The van der Waals surface area contributed by atoms with Gasteiger partial charge in [0.25, 0.3) is 0 Å². The van der Waals surface area contributed by atoms with E-state index in [0.29, 0.717) is 11.5 Å². The maximum atomic E-state index is 10.3. The van der Waals surface area contributed by atoms with E-state index in [9.17, 15) is 5.11 Å². The van der Waals surface area contributed by atoms with Gasteiger partial charge in [0.15, 0.2) is 11.5 Å². The molecule has 18 heavy (non-hydrogen) atoms. The molecular formula is C14H16O3S. The highest BCUT2D eigenvalue weighted by Crippen LogP contribution is 2.34. The van der Waals surface area contributed by atoms with Gasteiger partial charge >= 0.3 is 0 Å². The number of methoxy groups -OCH3 is 2. The van der Waals surface area contributed by atoms with Crippen molar-refractivity contribution in [3.8, 4) is 11.5 Å². The van der Waals surface area contributed by atoms with E-state index in [1.165, 1.54) is 4.88 Å². The van der Waals surface area contributed by atoms with Crippen LogP contribution in [-0.2, 0) is 0 Å². The van der Waals surface area contributed by atoms with Crippen LogP contribution in [0.15, 0.2) is 30.3 Å². The number of hydrogen-bond acceptors (Lipinski definition) is 4. The predicted molar refractivity (Wildman–Crippen MR) is 72.7 cm³/mol. The molecule has 4 heteroatoms. The zero-order valence-corrected chi connectivity index (χ0v) is 11.5. The smallest absolute Gasteiger partial charge is 0.161 e. The number of ether oxygens (including phenoxy) is 2. The van der Waals surface area contributed by atoms with Crippen LogP contribution in [0.5, 0.6) is 11.5 Å². The number of benzene rings is 1. The van der Waals surface area contributed by atoms with Gasteiger partial charge in [0.2, 0.25) is 0 Å². The van der Waals surface area contributed by atoms with E-state index in [1.54, 1.807) is 37.7 Å². The lowest BCUT2D eigenvalue weighted by Gasteiger charge is -2.13. The zero-order chi connectivity index (χ0) is 13.1. The van der Waals surface area contributed by atoms with E-state index < -0.39 is 6.10 Å². The summed E-state index contributed by atoms with van der Waals surface area (Å²) in [5.74, 6) is 1.29. The van der Waals surface area contributed by atoms with Gasteiger partial charge in [0.05, 0.1) is 14.2 Å². The topological polar surface area (TPSA) is 38.7 Å². The van der Waals surface area contributed by atoms with E-state index in [2.05, 4.69) is 0 Å². The molecule has 2 aromatic rings. The monoisotopic (exact) mass is 264 g/mol. The normalized spacial score (nSPS) is 12.2. The summed E-state index contributed by atoms with van der Waals surface area (Å²) in [6.45, 7) is 2.02. The van der Waals surface area contributed by atoms with Crippen molar-refractivity contribution in [2.75, 3.05) is 14.2 Å². The first-order valence-corrected chi connectivity index (χ1v) is 6.43. The van der Waals surface area contributed by atoms with E-state index in [1.807, 2.05) is 25.1 Å². The molecule has 0 saturated heterocycles. The van der Waals surface area contributed by atoms with Crippen molar-refractivity contribution >= 4 is 11.3 Å². The second-order valence-electron chi connectivity index (χ2n) is 3.97. The Balaban J connectivity index is 2.33. The minimum absolute atomic E-state index is 0.622. The van der Waals surface area contributed by atoms with Crippen molar-refractivity contribution in [1.82, 2.24) is 0 Å². The van der Waals surface area contributed by atoms with Crippen molar-refractivity contribution in [2.24, 2.45) is 0 Å². The molecule has 0 spiro atoms. The lowest BCUT2D eigenvalue weighted by Crippen LogP contribution is -1.99. The van der Waals surface area contributed by atoms with Gasteiger partial charge in [-0.15, -0.1) is 11.3 Å². The number of aryl methyl sites for hydroxylation is 1. The van der Waals surface area contributed by atoms with E-state index in [0.717, 1.165) is 10.4 Å². The van der Waals surface area contributed by atoms with Gasteiger partial charge in [-0.1, -0.05) is 6.07 Å². The van der Waals surface area contributed by atoms with E-state index in [-0.39, 0.29) is 0 Å². The van der Waals surface area contributed by atoms with Crippen molar-refractivity contribution in [2.45, 2.75) is 13.0 Å². The highest BCUT2D eigenvalue weighted by atomic mass is 32.1. The Morgan fingerprint density at radius 3 is 2.33 bits per heavy atom. The fourth-order valence-electron chi connectivity index (χ4n) is 1.79. The van der Waals surface area contributed by atoms with E-state index >= 15 is 0 Å². The molecule has 0 aliphatic heterocycles. The summed E-state index contributed by atoms with van der Waals surface area (Å²) in [6.07, 6.45) is -0.622. The van der Waals surface area contributed by atoms with Gasteiger partial charge in [0, 0.05) is 9.75 Å². The van der Waals surface area contributed by atoms with Crippen molar-refractivity contribution in [3.05, 3.63) is 45.6 Å². The SMILES string of the molecule is COc1ccc([C@H](O)c2ccc(C)s2)cc1OC. The molecule has 0 saturated carbocycles. The molecule has 1 N–H and O–H groups in total. The van der Waals surface area contributed by atoms with Gasteiger partial charge in [0.1, 0.15) is 6.10 Å². The van der Waals surface area contributed by atoms with Crippen molar-refractivity contribution in [3.63, 3.8) is 0 Å². The summed E-state index contributed by atoms with van der Waals surface area (Å²) in [7, 11) is 3.18. The molecule has 0 aliphatic carbocycles. The van der Waals surface area contributed by atoms with Gasteiger partial charge < -0.3 is 14.6 Å². The third-order valence-corrected chi connectivity index (χ3v) is 3.81. The van der Waals surface area contributed by atoms with Crippen LogP contribution < -0.4 is 9.47 Å². The van der Waals surface area contributed by atoms with Crippen LogP contribution in [0.4, 0.5) is 0 Å². The molecule has 0 bridgehead atoms. The molecular weight excluding hydrogens is 248 g/mol. The molecule has 0 fully saturated rings. The molecule has 0 amide bonds. The van der Waals surface area contributed by atoms with Crippen LogP contribution in [0.3, 0.4) is 0 Å². The quantitative estimate of drug-likeness (QED) is 0.922. The summed E-state index contributed by atoms with van der Waals surface area (Å²) in [4.78, 5) is 2.12. The molecule has 1 atom stereocenters. The first-order chi connectivity index (χ1) is 8.65. The van der Waals surface area contributed by atoms with Crippen LogP contribution in [0, 0.1) is 6.92 Å². The van der Waals surface area contributed by atoms with Crippen LogP contribution in [0.25, 0.3) is 0 Å². The Kier molecular flexibility index (Phi) is 3.89. The average molecular weight is 264 g/mol. The molecule has 1 aromatic carbocycles. The molecule has 2 rings (SSSR count). The maximum absolute atomic E-state index is 10.3. The minimum atomic E-state index is -0.622. The molecule has 0 aliphatic rings. The molecule has 96 valence electrons. The second-order valence-corrected chi connectivity index (χ2v) is 5.28. The van der Waals surface area contributed by atoms with Crippen molar-refractivity contribution < 1.29 is 14.6 Å². The first-order valence-electron chi connectivity index (χ1n) is 5.62. The van der Waals surface area contributed by atoms with Gasteiger partial charge in [-0.25, -0.2) is 0 Å². The van der Waals surface area contributed by atoms with Crippen LogP contribution in [-0.4, -0.2) is 19.3 Å². The van der Waals surface area contributed by atoms with Gasteiger partial charge in [-0.2, -0.15) is 0 Å². The summed E-state index contributed by atoms with van der Waals surface area (Å²) in [5.41, 5.74) is 0.800. The highest BCUT2D eigenvalue weighted by Gasteiger charge is 2.15. The molecule has 0 radical (unpaired) electrons. The molecule has 0 unspecified atom stereocenters. The average Bonchev–Trinajstić information content (AvgIpc) is 2.83. The summed E-state index contributed by atoms with van der Waals surface area (Å²) in [5, 5.41) is 10.3. The van der Waals surface area contributed by atoms with Crippen molar-refractivity contribution in [1.29, 1.82) is 0 Å². The lowest BCUT2D eigenvalue weighted by molar-refractivity contribution is 0.223. The second kappa shape index (κ2) is 5.42. The van der Waals surface area contributed by atoms with Gasteiger partial charge in [-0.3, -0.25) is 0 Å². The summed E-state index contributed by atoms with van der Waals surface area (Å²) < 4.78 is 10.4. The molecule has 1 aromatic heterocycles. The van der Waals surface area contributed by atoms with Gasteiger partial charge in [-0.05, 0) is 36.8 Å². The fraction of sp³-hybridized carbons (Fsp3) is 0.286. The number of thiophene rings is 1. The number of aliphatic hydroxyl groups excluding tert-OH is 1. The largest absolute Gasteiger partial charge is 0.493 e. The van der Waals surface area contributed by atoms with Crippen LogP contribution >= 0.6 is 11.3 Å². The third kappa shape index (κ3) is 2.49. The molecule has 1 heterocycles. The van der Waals surface area contributed by atoms with Crippen LogP contribution in [0.2, 0.25) is 0 Å². The summed E-state index contributed by atoms with van der Waals surface area (Å²) >= 11 is 1.59. The standard InChI is InChI=1S/C14H16O3S/c1-9-4-7-13(18-9)14(15)10-5-6-11(16-2)12(8-10)17-3/h4-8,14-15H,1-3H3/t14-/m0/s1. The third-order valence-electron chi connectivity index (χ3n) is 2.75. The fourth-order valence-corrected chi connectivity index (χ4v) is 2.68. The van der Waals surface area contributed by atoms with Crippen LogP contribution in [0.1, 0.15) is 21.4 Å². The predicted octanol–water partition coefficient (Wildman–Crippen LogP) is 3.16. The Labute approximate surface area is 111 Å². The van der Waals surface area contributed by atoms with E-state index in [4.69, 9.17) is 9.47 Å². The molecule has 3 nitrogen and oxygen atoms in total. The maximum Gasteiger partial charge on any atom is 0.161 e. The number of rotatable bonds is 4. The Morgan fingerprint density at radius 2 is 1.78 bits per heavy atom. The first kappa shape index (κ1) is 12.9. The Bertz CT molecular complexity index is 534. The zero-order valence-electron chi connectivity index (χ0n) is 10.6. The summed E-state index contributed by atoms with van der Waals surface area (Å²) in [6, 6.07) is 9.41. The lowest BCUT2D eigenvalue weighted by atomic mass is 10.1. The number of hydrogen-bond donors (Lipinski definition) is 1. The Hall–Kier alpha value is -1.52. The number of aliphatic hydroxyl groups is 1. The Morgan fingerprint density at radius 1 is 1.06 bits per heavy atom.